The molecule has 2 aromatic rings. The maximum atomic E-state index is 13.8. The highest BCUT2D eigenvalue weighted by molar-refractivity contribution is 6.00. The largest absolute Gasteiger partial charge is 0.497 e. The number of rotatable bonds is 10. The molecule has 2 aliphatic heterocycles. The maximum Gasteiger partial charge on any atom is 0.322 e. The van der Waals surface area contributed by atoms with Gasteiger partial charge in [0.2, 0.25) is 0 Å². The Balaban J connectivity index is 1.54. The summed E-state index contributed by atoms with van der Waals surface area (Å²) in [6.07, 6.45) is 2.25. The van der Waals surface area contributed by atoms with Crippen molar-refractivity contribution in [2.24, 2.45) is 11.7 Å². The van der Waals surface area contributed by atoms with Crippen molar-refractivity contribution in [3.05, 3.63) is 60.2 Å². The maximum absolute atomic E-state index is 13.8. The normalized spacial score (nSPS) is 21.1. The smallest absolute Gasteiger partial charge is 0.322 e. The SMILES string of the molecule is COc1cccc(NC(=O)N2CCC(C(=O)c3ccccc3)CC2C(=O)C(N)C[C@H](C(=O)O)N2CCCC2)c1. The minimum Gasteiger partial charge on any atom is -0.497 e. The predicted molar refractivity (Wildman–Crippen MR) is 146 cm³/mol. The molecule has 2 saturated heterocycles. The van der Waals surface area contributed by atoms with Crippen molar-refractivity contribution < 1.29 is 29.0 Å². The summed E-state index contributed by atoms with van der Waals surface area (Å²) in [6.45, 7) is 1.46. The Morgan fingerprint density at radius 1 is 1.05 bits per heavy atom. The number of ether oxygens (including phenoxy) is 1. The lowest BCUT2D eigenvalue weighted by Gasteiger charge is -2.39. The first-order valence-electron chi connectivity index (χ1n) is 13.4. The third-order valence-corrected chi connectivity index (χ3v) is 7.65. The van der Waals surface area contributed by atoms with Crippen LogP contribution in [0.25, 0.3) is 0 Å². The number of aliphatic carboxylic acids is 1. The number of ketones is 2. The summed E-state index contributed by atoms with van der Waals surface area (Å²) in [5.74, 6) is -1.45. The molecule has 4 rings (SSSR count). The van der Waals surface area contributed by atoms with E-state index in [-0.39, 0.29) is 25.2 Å². The number of methoxy groups -OCH3 is 1. The number of carbonyl (C=O) groups excluding carboxylic acids is 3. The number of urea groups is 1. The number of carbonyl (C=O) groups is 4. The number of nitrogens with zero attached hydrogens (tertiary/aromatic N) is 2. The van der Waals surface area contributed by atoms with Gasteiger partial charge in [-0.2, -0.15) is 0 Å². The lowest BCUT2D eigenvalue weighted by Crippen LogP contribution is -2.57. The van der Waals surface area contributed by atoms with Crippen molar-refractivity contribution in [1.82, 2.24) is 9.80 Å². The molecule has 2 amide bonds. The molecule has 2 aromatic carbocycles. The Labute approximate surface area is 228 Å². The number of nitrogens with one attached hydrogen (secondary N) is 1. The van der Waals surface area contributed by atoms with Crippen LogP contribution in [-0.4, -0.2) is 83.3 Å². The van der Waals surface area contributed by atoms with Crippen LogP contribution >= 0.6 is 0 Å². The van der Waals surface area contributed by atoms with Gasteiger partial charge in [0.05, 0.1) is 19.2 Å². The van der Waals surface area contributed by atoms with Crippen LogP contribution < -0.4 is 15.8 Å². The second-order valence-electron chi connectivity index (χ2n) is 10.2. The fraction of sp³-hybridized carbons (Fsp3) is 0.448. The zero-order chi connectivity index (χ0) is 27.9. The van der Waals surface area contributed by atoms with E-state index in [2.05, 4.69) is 5.32 Å². The van der Waals surface area contributed by atoms with Gasteiger partial charge >= 0.3 is 12.0 Å². The second-order valence-corrected chi connectivity index (χ2v) is 10.2. The van der Waals surface area contributed by atoms with Gasteiger partial charge in [-0.1, -0.05) is 36.4 Å². The van der Waals surface area contributed by atoms with E-state index in [9.17, 15) is 24.3 Å². The highest BCUT2D eigenvalue weighted by Crippen LogP contribution is 2.29. The van der Waals surface area contributed by atoms with Gasteiger partial charge in [-0.05, 0) is 57.3 Å². The van der Waals surface area contributed by atoms with E-state index < -0.39 is 41.8 Å². The molecule has 2 aliphatic rings. The van der Waals surface area contributed by atoms with Crippen LogP contribution in [0.4, 0.5) is 10.5 Å². The molecular weight excluding hydrogens is 500 g/mol. The molecule has 0 saturated carbocycles. The molecule has 4 N–H and O–H groups in total. The highest BCUT2D eigenvalue weighted by Gasteiger charge is 2.42. The average Bonchev–Trinajstić information content (AvgIpc) is 3.49. The lowest BCUT2D eigenvalue weighted by molar-refractivity contribution is -0.143. The van der Waals surface area contributed by atoms with Crippen LogP contribution in [0.5, 0.6) is 5.75 Å². The first-order valence-corrected chi connectivity index (χ1v) is 13.4. The Kier molecular flexibility index (Phi) is 9.32. The van der Waals surface area contributed by atoms with Crippen LogP contribution in [0.1, 0.15) is 42.5 Å². The van der Waals surface area contributed by atoms with E-state index in [1.54, 1.807) is 48.5 Å². The zero-order valence-electron chi connectivity index (χ0n) is 22.1. The molecule has 4 atom stereocenters. The number of anilines is 1. The molecule has 10 nitrogen and oxygen atoms in total. The van der Waals surface area contributed by atoms with Gasteiger partial charge in [0, 0.05) is 29.8 Å². The zero-order valence-corrected chi connectivity index (χ0v) is 22.1. The summed E-state index contributed by atoms with van der Waals surface area (Å²) in [6, 6.07) is 12.3. The summed E-state index contributed by atoms with van der Waals surface area (Å²) in [5.41, 5.74) is 7.39. The van der Waals surface area contributed by atoms with Crippen LogP contribution in [0.3, 0.4) is 0 Å². The number of piperidine rings is 1. The van der Waals surface area contributed by atoms with Gasteiger partial charge in [0.1, 0.15) is 11.8 Å². The molecule has 0 spiro atoms. The summed E-state index contributed by atoms with van der Waals surface area (Å²) in [7, 11) is 1.53. The summed E-state index contributed by atoms with van der Waals surface area (Å²) < 4.78 is 5.23. The Morgan fingerprint density at radius 2 is 1.77 bits per heavy atom. The predicted octanol–water partition coefficient (Wildman–Crippen LogP) is 3.03. The van der Waals surface area contributed by atoms with Crippen LogP contribution in [0, 0.1) is 5.92 Å². The summed E-state index contributed by atoms with van der Waals surface area (Å²) >= 11 is 0. The molecule has 0 aromatic heterocycles. The third-order valence-electron chi connectivity index (χ3n) is 7.65. The first kappa shape index (κ1) is 28.3. The quantitative estimate of drug-likeness (QED) is 0.394. The van der Waals surface area contributed by atoms with E-state index >= 15 is 0 Å². The molecule has 0 aliphatic carbocycles. The Bertz CT molecular complexity index is 1180. The van der Waals surface area contributed by atoms with Crippen molar-refractivity contribution in [2.75, 3.05) is 32.1 Å². The van der Waals surface area contributed by atoms with Crippen molar-refractivity contribution >= 4 is 29.3 Å². The number of nitrogens with two attached hydrogens (primary N) is 1. The molecular formula is C29H36N4O6. The highest BCUT2D eigenvalue weighted by atomic mass is 16.5. The minimum atomic E-state index is -1.10. The van der Waals surface area contributed by atoms with Gasteiger partial charge in [0.15, 0.2) is 11.6 Å². The second kappa shape index (κ2) is 12.9. The number of benzene rings is 2. The molecule has 3 unspecified atom stereocenters. The van der Waals surface area contributed by atoms with Crippen molar-refractivity contribution in [1.29, 1.82) is 0 Å². The first-order chi connectivity index (χ1) is 18.8. The van der Waals surface area contributed by atoms with E-state index in [0.717, 1.165) is 12.8 Å². The molecule has 2 fully saturated rings. The molecule has 10 heteroatoms. The lowest BCUT2D eigenvalue weighted by atomic mass is 9.82. The van der Waals surface area contributed by atoms with Crippen LogP contribution in [0.2, 0.25) is 0 Å². The van der Waals surface area contributed by atoms with Crippen molar-refractivity contribution in [3.63, 3.8) is 0 Å². The van der Waals surface area contributed by atoms with Crippen LogP contribution in [-0.2, 0) is 9.59 Å². The minimum absolute atomic E-state index is 0.0622. The van der Waals surface area contributed by atoms with Gasteiger partial charge in [-0.25, -0.2) is 4.79 Å². The van der Waals surface area contributed by atoms with Gasteiger partial charge in [-0.3, -0.25) is 19.3 Å². The molecule has 39 heavy (non-hydrogen) atoms. The molecule has 208 valence electrons. The van der Waals surface area contributed by atoms with E-state index in [1.807, 2.05) is 11.0 Å². The van der Waals surface area contributed by atoms with Crippen molar-refractivity contribution in [2.45, 2.75) is 50.2 Å². The van der Waals surface area contributed by atoms with Crippen LogP contribution in [0.15, 0.2) is 54.6 Å². The van der Waals surface area contributed by atoms with Gasteiger partial charge < -0.3 is 25.8 Å². The fourth-order valence-electron chi connectivity index (χ4n) is 5.51. The number of carboxylic acids is 1. The van der Waals surface area contributed by atoms with E-state index in [4.69, 9.17) is 10.5 Å². The number of carboxylic acid groups (broad SMARTS) is 1. The number of Topliss-reactive ketones (excluding diaryl/α,β-unsaturated/α-hetero) is 2. The summed E-state index contributed by atoms with van der Waals surface area (Å²) in [4.78, 5) is 55.7. The number of likely N-dealkylation sites (tertiary alicyclic amines) is 2. The molecule has 0 radical (unpaired) electrons. The number of hydrogen-bond acceptors (Lipinski definition) is 7. The average molecular weight is 537 g/mol. The fourth-order valence-corrected chi connectivity index (χ4v) is 5.51. The molecule has 2 heterocycles. The summed E-state index contributed by atoms with van der Waals surface area (Å²) in [5, 5.41) is 12.6. The third kappa shape index (κ3) is 6.82. The molecule has 0 bridgehead atoms. The van der Waals surface area contributed by atoms with Gasteiger partial charge in [0.25, 0.3) is 0 Å². The van der Waals surface area contributed by atoms with E-state index in [0.29, 0.717) is 36.5 Å². The number of amides is 2. The van der Waals surface area contributed by atoms with Gasteiger partial charge in [-0.15, -0.1) is 0 Å². The van der Waals surface area contributed by atoms with E-state index in [1.165, 1.54) is 12.0 Å². The van der Waals surface area contributed by atoms with Crippen molar-refractivity contribution in [3.8, 4) is 5.75 Å². The Hall–Kier alpha value is -3.76. The topological polar surface area (TPSA) is 142 Å². The monoisotopic (exact) mass is 536 g/mol. The number of hydrogen-bond donors (Lipinski definition) is 3. The Morgan fingerprint density at radius 3 is 2.44 bits per heavy atom. The standard InChI is InChI=1S/C29H36N4O6/c1-39-22-11-7-10-21(17-22)31-29(38)33-15-12-20(26(34)19-8-3-2-4-9-19)16-24(33)27(35)23(30)18-25(28(36)37)32-13-5-6-14-32/h2-4,7-11,17,20,23-25H,5-6,12-16,18,30H2,1H3,(H,31,38)(H,36,37)/t20?,23?,24?,25-/m1/s1.